The molecule has 106 valence electrons. The van der Waals surface area contributed by atoms with Crippen LogP contribution in [-0.2, 0) is 0 Å². The third-order valence-electron chi connectivity index (χ3n) is 4.25. The Morgan fingerprint density at radius 3 is 2.79 bits per heavy atom. The van der Waals surface area contributed by atoms with Crippen molar-refractivity contribution in [2.24, 2.45) is 5.92 Å². The molecule has 2 unspecified atom stereocenters. The molecule has 0 spiro atoms. The lowest BCUT2D eigenvalue weighted by Crippen LogP contribution is -2.39. The number of aliphatic hydroxyl groups is 1. The van der Waals surface area contributed by atoms with E-state index in [1.165, 1.54) is 37.8 Å². The van der Waals surface area contributed by atoms with Gasteiger partial charge >= 0.3 is 0 Å². The minimum Gasteiger partial charge on any atom is -0.396 e. The second kappa shape index (κ2) is 7.66. The zero-order chi connectivity index (χ0) is 13.5. The van der Waals surface area contributed by atoms with E-state index in [1.54, 1.807) is 0 Å². The molecule has 1 aromatic rings. The van der Waals surface area contributed by atoms with Crippen LogP contribution in [-0.4, -0.2) is 36.2 Å². The van der Waals surface area contributed by atoms with Crippen molar-refractivity contribution >= 4 is 0 Å². The molecular formula is C17H27NO. The molecule has 2 atom stereocenters. The fraction of sp³-hybridized carbons (Fsp3) is 0.647. The van der Waals surface area contributed by atoms with Crippen LogP contribution in [0.1, 0.15) is 44.1 Å². The number of benzene rings is 1. The molecule has 0 aromatic heterocycles. The fourth-order valence-corrected chi connectivity index (χ4v) is 3.21. The van der Waals surface area contributed by atoms with Crippen molar-refractivity contribution in [3.8, 4) is 0 Å². The average molecular weight is 261 g/mol. The highest BCUT2D eigenvalue weighted by Crippen LogP contribution is 2.25. The lowest BCUT2D eigenvalue weighted by molar-refractivity contribution is 0.114. The molecule has 1 heterocycles. The van der Waals surface area contributed by atoms with Crippen LogP contribution < -0.4 is 0 Å². The highest BCUT2D eigenvalue weighted by Gasteiger charge is 2.22. The van der Waals surface area contributed by atoms with Gasteiger partial charge in [-0.15, -0.1) is 0 Å². The third kappa shape index (κ3) is 4.32. The molecule has 1 fully saturated rings. The van der Waals surface area contributed by atoms with E-state index in [2.05, 4.69) is 42.2 Å². The van der Waals surface area contributed by atoms with E-state index < -0.39 is 0 Å². The van der Waals surface area contributed by atoms with Crippen molar-refractivity contribution < 1.29 is 5.11 Å². The van der Waals surface area contributed by atoms with Gasteiger partial charge in [-0.1, -0.05) is 43.7 Å². The van der Waals surface area contributed by atoms with Crippen molar-refractivity contribution in [1.29, 1.82) is 0 Å². The Balaban J connectivity index is 1.96. The van der Waals surface area contributed by atoms with E-state index in [4.69, 9.17) is 0 Å². The van der Waals surface area contributed by atoms with Gasteiger partial charge in [0.15, 0.2) is 0 Å². The van der Waals surface area contributed by atoms with Crippen LogP contribution in [0.5, 0.6) is 0 Å². The Morgan fingerprint density at radius 2 is 2.11 bits per heavy atom. The van der Waals surface area contributed by atoms with Gasteiger partial charge in [-0.25, -0.2) is 0 Å². The maximum absolute atomic E-state index is 9.34. The van der Waals surface area contributed by atoms with E-state index in [-0.39, 0.29) is 0 Å². The summed E-state index contributed by atoms with van der Waals surface area (Å²) < 4.78 is 0. The first-order chi connectivity index (χ1) is 9.33. The molecule has 0 amide bonds. The summed E-state index contributed by atoms with van der Waals surface area (Å²) >= 11 is 0. The summed E-state index contributed by atoms with van der Waals surface area (Å²) in [5.74, 6) is 1.13. The summed E-state index contributed by atoms with van der Waals surface area (Å²) in [6.07, 6.45) is 4.91. The third-order valence-corrected chi connectivity index (χ3v) is 4.25. The van der Waals surface area contributed by atoms with E-state index >= 15 is 0 Å². The van der Waals surface area contributed by atoms with Gasteiger partial charge in [-0.2, -0.15) is 0 Å². The van der Waals surface area contributed by atoms with Crippen LogP contribution in [0.15, 0.2) is 30.3 Å². The molecule has 1 aliphatic rings. The standard InChI is InChI=1S/C17H27NO/c1-2-7-17(16-9-4-3-5-10-16)13-18-11-6-8-15(12-18)14-19/h3-5,9-10,15,17,19H,2,6-8,11-14H2,1H3. The Labute approximate surface area is 117 Å². The van der Waals surface area contributed by atoms with Crippen molar-refractivity contribution in [3.05, 3.63) is 35.9 Å². The van der Waals surface area contributed by atoms with Crippen LogP contribution in [0.25, 0.3) is 0 Å². The van der Waals surface area contributed by atoms with E-state index in [9.17, 15) is 5.11 Å². The minimum absolute atomic E-state index is 0.348. The first-order valence-corrected chi connectivity index (χ1v) is 7.71. The Hall–Kier alpha value is -0.860. The lowest BCUT2D eigenvalue weighted by atomic mass is 9.92. The SMILES string of the molecule is CCCC(CN1CCCC(CO)C1)c1ccccc1. The van der Waals surface area contributed by atoms with Gasteiger partial charge in [0.05, 0.1) is 0 Å². The number of likely N-dealkylation sites (tertiary alicyclic amines) is 1. The summed E-state index contributed by atoms with van der Waals surface area (Å²) in [5.41, 5.74) is 1.47. The molecule has 0 aliphatic carbocycles. The van der Waals surface area contributed by atoms with Crippen LogP contribution in [0, 0.1) is 5.92 Å². The maximum atomic E-state index is 9.34. The predicted molar refractivity (Wildman–Crippen MR) is 80.3 cm³/mol. The number of rotatable bonds is 6. The van der Waals surface area contributed by atoms with Crippen LogP contribution in [0.3, 0.4) is 0 Å². The molecule has 2 rings (SSSR count). The van der Waals surface area contributed by atoms with Crippen molar-refractivity contribution in [3.63, 3.8) is 0 Å². The van der Waals surface area contributed by atoms with E-state index in [1.807, 2.05) is 0 Å². The van der Waals surface area contributed by atoms with Crippen LogP contribution in [0.2, 0.25) is 0 Å². The minimum atomic E-state index is 0.348. The molecule has 0 saturated carbocycles. The van der Waals surface area contributed by atoms with Crippen molar-refractivity contribution in [1.82, 2.24) is 4.90 Å². The second-order valence-electron chi connectivity index (χ2n) is 5.85. The maximum Gasteiger partial charge on any atom is 0.0471 e. The number of hydrogen-bond donors (Lipinski definition) is 1. The summed E-state index contributed by atoms with van der Waals surface area (Å²) in [6, 6.07) is 10.9. The summed E-state index contributed by atoms with van der Waals surface area (Å²) in [6.45, 7) is 6.03. The summed E-state index contributed by atoms with van der Waals surface area (Å²) in [4.78, 5) is 2.55. The average Bonchev–Trinajstić information content (AvgIpc) is 2.48. The zero-order valence-corrected chi connectivity index (χ0v) is 12.1. The Bertz CT molecular complexity index is 352. The van der Waals surface area contributed by atoms with Gasteiger partial charge in [0, 0.05) is 19.7 Å². The summed E-state index contributed by atoms with van der Waals surface area (Å²) in [7, 11) is 0. The Morgan fingerprint density at radius 1 is 1.32 bits per heavy atom. The highest BCUT2D eigenvalue weighted by atomic mass is 16.3. The van der Waals surface area contributed by atoms with Gasteiger partial charge in [0.2, 0.25) is 0 Å². The fourth-order valence-electron chi connectivity index (χ4n) is 3.21. The van der Waals surface area contributed by atoms with Gasteiger partial charge in [-0.05, 0) is 43.2 Å². The second-order valence-corrected chi connectivity index (χ2v) is 5.85. The van der Waals surface area contributed by atoms with Gasteiger partial charge in [-0.3, -0.25) is 0 Å². The molecule has 1 aromatic carbocycles. The highest BCUT2D eigenvalue weighted by molar-refractivity contribution is 5.19. The van der Waals surface area contributed by atoms with Gasteiger partial charge in [0.1, 0.15) is 0 Å². The van der Waals surface area contributed by atoms with Crippen molar-refractivity contribution in [2.75, 3.05) is 26.2 Å². The molecule has 0 radical (unpaired) electrons. The molecule has 1 aliphatic heterocycles. The molecule has 19 heavy (non-hydrogen) atoms. The first kappa shape index (κ1) is 14.5. The van der Waals surface area contributed by atoms with E-state index in [0.717, 1.165) is 13.1 Å². The van der Waals surface area contributed by atoms with Crippen LogP contribution in [0.4, 0.5) is 0 Å². The molecule has 2 heteroatoms. The predicted octanol–water partition coefficient (Wildman–Crippen LogP) is 3.27. The van der Waals surface area contributed by atoms with Gasteiger partial charge < -0.3 is 10.0 Å². The van der Waals surface area contributed by atoms with E-state index in [0.29, 0.717) is 18.4 Å². The quantitative estimate of drug-likeness (QED) is 0.849. The lowest BCUT2D eigenvalue weighted by Gasteiger charge is -2.34. The number of piperidine rings is 1. The Kier molecular flexibility index (Phi) is 5.87. The summed E-state index contributed by atoms with van der Waals surface area (Å²) in [5, 5.41) is 9.34. The number of hydrogen-bond acceptors (Lipinski definition) is 2. The zero-order valence-electron chi connectivity index (χ0n) is 12.1. The first-order valence-electron chi connectivity index (χ1n) is 7.71. The molecule has 1 N–H and O–H groups in total. The van der Waals surface area contributed by atoms with Crippen molar-refractivity contribution in [2.45, 2.75) is 38.5 Å². The molecule has 2 nitrogen and oxygen atoms in total. The number of aliphatic hydroxyl groups excluding tert-OH is 1. The molecular weight excluding hydrogens is 234 g/mol. The molecule has 0 bridgehead atoms. The normalized spacial score (nSPS) is 22.3. The smallest absolute Gasteiger partial charge is 0.0471 e. The van der Waals surface area contributed by atoms with Crippen LogP contribution >= 0.6 is 0 Å². The number of nitrogens with zero attached hydrogens (tertiary/aromatic N) is 1. The van der Waals surface area contributed by atoms with Gasteiger partial charge in [0.25, 0.3) is 0 Å². The topological polar surface area (TPSA) is 23.5 Å². The monoisotopic (exact) mass is 261 g/mol. The molecule has 1 saturated heterocycles. The largest absolute Gasteiger partial charge is 0.396 e.